The van der Waals surface area contributed by atoms with Crippen LogP contribution in [0.3, 0.4) is 0 Å². The van der Waals surface area contributed by atoms with Gasteiger partial charge in [-0.1, -0.05) is 12.1 Å². The Kier molecular flexibility index (Phi) is 4.01. The lowest BCUT2D eigenvalue weighted by Crippen LogP contribution is -2.71. The number of benzene rings is 1. The standard InChI is InChI=1S/C14H15N9OS2/c1-21(2)10-5-3-9(4-6-10)7-16-23-11(24)14(19-17-12(23)25)20-22-8-15-18-13(22)26-14/h3-8,19-20H,1-2H3,(H,17,25)/b16-7+. The predicted molar refractivity (Wildman–Crippen MR) is 102 cm³/mol. The molecule has 10 nitrogen and oxygen atoms in total. The molecular weight excluding hydrogens is 374 g/mol. The number of hydrazine groups is 1. The summed E-state index contributed by atoms with van der Waals surface area (Å²) in [4.78, 5) is 13.8. The highest BCUT2D eigenvalue weighted by molar-refractivity contribution is 8.01. The van der Waals surface area contributed by atoms with Crippen molar-refractivity contribution in [3.05, 3.63) is 36.2 Å². The van der Waals surface area contributed by atoms with E-state index in [9.17, 15) is 4.79 Å². The van der Waals surface area contributed by atoms with E-state index in [1.54, 1.807) is 10.9 Å². The number of hydrogen-bond acceptors (Lipinski definition) is 9. The molecule has 1 aromatic heterocycles. The van der Waals surface area contributed by atoms with Gasteiger partial charge >= 0.3 is 5.91 Å². The fraction of sp³-hybridized carbons (Fsp3) is 0.214. The van der Waals surface area contributed by atoms with E-state index in [0.717, 1.165) is 16.3 Å². The Hall–Kier alpha value is -2.70. The fourth-order valence-corrected chi connectivity index (χ4v) is 3.58. The van der Waals surface area contributed by atoms with E-state index in [0.29, 0.717) is 5.16 Å². The molecular formula is C14H15N9OS2. The first-order valence-electron chi connectivity index (χ1n) is 7.59. The lowest BCUT2D eigenvalue weighted by molar-refractivity contribution is -0.131. The fourth-order valence-electron chi connectivity index (χ4n) is 2.42. The summed E-state index contributed by atoms with van der Waals surface area (Å²) in [6.07, 6.45) is 3.07. The molecule has 1 atom stereocenters. The van der Waals surface area contributed by atoms with Gasteiger partial charge in [-0.05, 0) is 41.7 Å². The van der Waals surface area contributed by atoms with Gasteiger partial charge in [-0.2, -0.15) is 15.5 Å². The Balaban J connectivity index is 1.54. The van der Waals surface area contributed by atoms with Gasteiger partial charge in [-0.15, -0.1) is 10.2 Å². The molecule has 1 unspecified atom stereocenters. The zero-order valence-corrected chi connectivity index (χ0v) is 15.5. The van der Waals surface area contributed by atoms with Gasteiger partial charge in [0.15, 0.2) is 0 Å². The molecule has 1 aromatic carbocycles. The number of aromatic nitrogens is 3. The van der Waals surface area contributed by atoms with Gasteiger partial charge in [0.1, 0.15) is 6.33 Å². The van der Waals surface area contributed by atoms with Crippen molar-refractivity contribution < 1.29 is 4.79 Å². The molecule has 0 saturated carbocycles. The maximum absolute atomic E-state index is 13.0. The molecule has 1 fully saturated rings. The average Bonchev–Trinajstić information content (AvgIpc) is 3.19. The van der Waals surface area contributed by atoms with Gasteiger partial charge in [0.2, 0.25) is 10.3 Å². The van der Waals surface area contributed by atoms with Crippen LogP contribution in [-0.4, -0.2) is 56.2 Å². The summed E-state index contributed by atoms with van der Waals surface area (Å²) in [5, 5.41) is 13.8. The van der Waals surface area contributed by atoms with E-state index < -0.39 is 4.99 Å². The van der Waals surface area contributed by atoms with Crippen molar-refractivity contribution in [3.63, 3.8) is 0 Å². The van der Waals surface area contributed by atoms with Crippen LogP contribution in [0.2, 0.25) is 0 Å². The van der Waals surface area contributed by atoms with Crippen LogP contribution >= 0.6 is 24.0 Å². The number of hydrogen-bond donors (Lipinski definition) is 3. The zero-order valence-electron chi connectivity index (χ0n) is 13.9. The van der Waals surface area contributed by atoms with Crippen molar-refractivity contribution in [1.29, 1.82) is 0 Å². The Morgan fingerprint density at radius 1 is 1.35 bits per heavy atom. The highest BCUT2D eigenvalue weighted by Crippen LogP contribution is 2.36. The number of nitrogens with one attached hydrogen (secondary N) is 3. The molecule has 0 bridgehead atoms. The quantitative estimate of drug-likeness (QED) is 0.491. The summed E-state index contributed by atoms with van der Waals surface area (Å²) < 4.78 is 1.56. The van der Waals surface area contributed by atoms with Crippen LogP contribution in [0.15, 0.2) is 40.9 Å². The van der Waals surface area contributed by atoms with E-state index in [1.807, 2.05) is 43.3 Å². The smallest absolute Gasteiger partial charge is 0.304 e. The summed E-state index contributed by atoms with van der Waals surface area (Å²) in [7, 11) is 3.94. The monoisotopic (exact) mass is 389 g/mol. The number of carbonyl (C=O) groups is 1. The molecule has 0 radical (unpaired) electrons. The van der Waals surface area contributed by atoms with Crippen LogP contribution < -0.4 is 21.2 Å². The van der Waals surface area contributed by atoms with Crippen LogP contribution in [0.25, 0.3) is 0 Å². The molecule has 4 rings (SSSR count). The SMILES string of the molecule is CN(C)c1ccc(/C=N/N2C(=O)C3(NNC2=S)Nn2cnnc2S3)cc1. The van der Waals surface area contributed by atoms with E-state index in [4.69, 9.17) is 12.2 Å². The maximum Gasteiger partial charge on any atom is 0.304 e. The first-order chi connectivity index (χ1) is 12.5. The Morgan fingerprint density at radius 3 is 2.81 bits per heavy atom. The van der Waals surface area contributed by atoms with Crippen LogP contribution in [0.1, 0.15) is 5.56 Å². The second-order valence-electron chi connectivity index (χ2n) is 5.78. The molecule has 134 valence electrons. The number of carbonyl (C=O) groups excluding carboxylic acids is 1. The van der Waals surface area contributed by atoms with Gasteiger partial charge in [0.05, 0.1) is 6.21 Å². The van der Waals surface area contributed by atoms with Crippen molar-refractivity contribution in [3.8, 4) is 0 Å². The minimum absolute atomic E-state index is 0.159. The minimum Gasteiger partial charge on any atom is -0.378 e. The maximum atomic E-state index is 13.0. The molecule has 3 heterocycles. The van der Waals surface area contributed by atoms with E-state index >= 15 is 0 Å². The minimum atomic E-state index is -1.19. The largest absolute Gasteiger partial charge is 0.378 e. The van der Waals surface area contributed by atoms with E-state index in [2.05, 4.69) is 31.6 Å². The first kappa shape index (κ1) is 16.8. The Bertz CT molecular complexity index is 872. The number of fused-ring (bicyclic) bond motifs is 1. The number of thiocarbonyl (C=S) groups is 1. The molecule has 1 spiro atoms. The van der Waals surface area contributed by atoms with Crippen molar-refractivity contribution in [1.82, 2.24) is 30.7 Å². The summed E-state index contributed by atoms with van der Waals surface area (Å²) in [6.45, 7) is 0. The van der Waals surface area contributed by atoms with Gasteiger partial charge in [0, 0.05) is 19.8 Å². The number of hydrazone groups is 1. The number of thioether (sulfide) groups is 1. The van der Waals surface area contributed by atoms with Crippen molar-refractivity contribution in [2.24, 2.45) is 5.10 Å². The lowest BCUT2D eigenvalue weighted by Gasteiger charge is -2.36. The first-order valence-corrected chi connectivity index (χ1v) is 8.81. The second kappa shape index (κ2) is 6.23. The topological polar surface area (TPSA) is 103 Å². The third-order valence-corrected chi connectivity index (χ3v) is 5.21. The number of rotatable bonds is 3. The van der Waals surface area contributed by atoms with Crippen LogP contribution in [0.5, 0.6) is 0 Å². The molecule has 2 aliphatic heterocycles. The third-order valence-electron chi connectivity index (χ3n) is 3.80. The molecule has 3 N–H and O–H groups in total. The van der Waals surface area contributed by atoms with Crippen molar-refractivity contribution in [2.75, 3.05) is 24.4 Å². The Labute approximate surface area is 158 Å². The summed E-state index contributed by atoms with van der Waals surface area (Å²) in [6, 6.07) is 7.78. The van der Waals surface area contributed by atoms with Crippen molar-refractivity contribution in [2.45, 2.75) is 10.2 Å². The average molecular weight is 389 g/mol. The van der Waals surface area contributed by atoms with Gasteiger partial charge in [-0.3, -0.25) is 15.6 Å². The number of nitrogens with zero attached hydrogens (tertiary/aromatic N) is 6. The van der Waals surface area contributed by atoms with Crippen molar-refractivity contribution >= 4 is 46.9 Å². The van der Waals surface area contributed by atoms with E-state index in [1.165, 1.54) is 18.1 Å². The van der Waals surface area contributed by atoms with Gasteiger partial charge in [-0.25, -0.2) is 4.68 Å². The molecule has 2 aliphatic rings. The highest BCUT2D eigenvalue weighted by Gasteiger charge is 2.52. The summed E-state index contributed by atoms with van der Waals surface area (Å²) in [5.74, 6) is -0.363. The summed E-state index contributed by atoms with van der Waals surface area (Å²) in [5.41, 5.74) is 10.6. The van der Waals surface area contributed by atoms with Crippen LogP contribution in [0, 0.1) is 0 Å². The molecule has 1 saturated heterocycles. The van der Waals surface area contributed by atoms with E-state index in [-0.39, 0.29) is 11.0 Å². The predicted octanol–water partition coefficient (Wildman–Crippen LogP) is -0.0975. The Morgan fingerprint density at radius 2 is 2.12 bits per heavy atom. The van der Waals surface area contributed by atoms with Gasteiger partial charge < -0.3 is 4.90 Å². The van der Waals surface area contributed by atoms with Crippen LogP contribution in [-0.2, 0) is 4.79 Å². The molecule has 2 aromatic rings. The summed E-state index contributed by atoms with van der Waals surface area (Å²) >= 11 is 6.38. The van der Waals surface area contributed by atoms with Crippen LogP contribution in [0.4, 0.5) is 5.69 Å². The normalized spacial score (nSPS) is 21.8. The zero-order chi connectivity index (χ0) is 18.3. The molecule has 0 aliphatic carbocycles. The number of anilines is 1. The number of amides is 1. The second-order valence-corrected chi connectivity index (χ2v) is 7.35. The molecule has 26 heavy (non-hydrogen) atoms. The lowest BCUT2D eigenvalue weighted by atomic mass is 10.2. The molecule has 12 heteroatoms. The third kappa shape index (κ3) is 2.77. The van der Waals surface area contributed by atoms with Gasteiger partial charge in [0.25, 0.3) is 4.99 Å². The highest BCUT2D eigenvalue weighted by atomic mass is 32.2. The molecule has 1 amide bonds.